The summed E-state index contributed by atoms with van der Waals surface area (Å²) in [5.41, 5.74) is 1.61. The molecule has 0 aromatic heterocycles. The third-order valence-electron chi connectivity index (χ3n) is 2.53. The van der Waals surface area contributed by atoms with Crippen LogP contribution in [0.5, 0.6) is 0 Å². The summed E-state index contributed by atoms with van der Waals surface area (Å²) in [5.74, 6) is 0.118. The lowest BCUT2D eigenvalue weighted by Gasteiger charge is -2.11. The maximum absolute atomic E-state index is 11.9. The van der Waals surface area contributed by atoms with Crippen molar-refractivity contribution in [3.63, 3.8) is 0 Å². The molecule has 19 heavy (non-hydrogen) atoms. The highest BCUT2D eigenvalue weighted by Crippen LogP contribution is 2.24. The minimum atomic E-state index is -3.29. The van der Waals surface area contributed by atoms with Crippen LogP contribution in [0.1, 0.15) is 25.8 Å². The van der Waals surface area contributed by atoms with Crippen molar-refractivity contribution in [3.05, 3.63) is 28.2 Å². The van der Waals surface area contributed by atoms with Gasteiger partial charge in [0.25, 0.3) is 0 Å². The summed E-state index contributed by atoms with van der Waals surface area (Å²) in [6.45, 7) is 6.71. The van der Waals surface area contributed by atoms with Crippen molar-refractivity contribution < 1.29 is 8.42 Å². The van der Waals surface area contributed by atoms with Gasteiger partial charge in [-0.3, -0.25) is 4.72 Å². The highest BCUT2D eigenvalue weighted by Gasteiger charge is 2.12. The van der Waals surface area contributed by atoms with E-state index in [2.05, 4.69) is 26.0 Å². The van der Waals surface area contributed by atoms with Crippen molar-refractivity contribution in [2.75, 3.05) is 17.0 Å². The molecule has 0 heterocycles. The first kappa shape index (κ1) is 16.5. The van der Waals surface area contributed by atoms with Gasteiger partial charge < -0.3 is 5.32 Å². The lowest BCUT2D eigenvalue weighted by atomic mass is 10.2. The Morgan fingerprint density at radius 3 is 2.63 bits per heavy atom. The molecule has 0 unspecified atom stereocenters. The molecule has 108 valence electrons. The molecule has 1 aromatic rings. The van der Waals surface area contributed by atoms with E-state index in [4.69, 9.17) is 0 Å². The molecule has 0 bridgehead atoms. The molecule has 0 saturated heterocycles. The standard InChI is InChI=1S/C13H21BrN2O2S/c1-10(2)15-7-4-8-19(17,18)16-13-9-11(3)5-6-12(13)14/h5-6,9-10,15-16H,4,7-8H2,1-3H3. The summed E-state index contributed by atoms with van der Waals surface area (Å²) in [6.07, 6.45) is 0.594. The van der Waals surface area contributed by atoms with Crippen LogP contribution in [0.25, 0.3) is 0 Å². The van der Waals surface area contributed by atoms with E-state index >= 15 is 0 Å². The summed E-state index contributed by atoms with van der Waals surface area (Å²) in [5, 5.41) is 3.20. The number of hydrogen-bond donors (Lipinski definition) is 2. The fourth-order valence-corrected chi connectivity index (χ4v) is 3.20. The average molecular weight is 349 g/mol. The van der Waals surface area contributed by atoms with Crippen LogP contribution >= 0.6 is 15.9 Å². The quantitative estimate of drug-likeness (QED) is 0.745. The van der Waals surface area contributed by atoms with E-state index in [1.165, 1.54) is 0 Å². The number of sulfonamides is 1. The first-order valence-corrected chi connectivity index (χ1v) is 8.75. The van der Waals surface area contributed by atoms with Crippen LogP contribution in [0.15, 0.2) is 22.7 Å². The van der Waals surface area contributed by atoms with E-state index in [9.17, 15) is 8.42 Å². The molecular formula is C13H21BrN2O2S. The Balaban J connectivity index is 2.57. The van der Waals surface area contributed by atoms with Crippen molar-refractivity contribution in [1.29, 1.82) is 0 Å². The summed E-state index contributed by atoms with van der Waals surface area (Å²) in [6, 6.07) is 5.96. The van der Waals surface area contributed by atoms with Gasteiger partial charge in [0.2, 0.25) is 10.0 Å². The zero-order valence-corrected chi connectivity index (χ0v) is 13.9. The van der Waals surface area contributed by atoms with Crippen molar-refractivity contribution in [3.8, 4) is 0 Å². The smallest absolute Gasteiger partial charge is 0.232 e. The molecule has 0 spiro atoms. The summed E-state index contributed by atoms with van der Waals surface area (Å²) in [4.78, 5) is 0. The summed E-state index contributed by atoms with van der Waals surface area (Å²) < 4.78 is 27.3. The van der Waals surface area contributed by atoms with Gasteiger partial charge in [0.15, 0.2) is 0 Å². The van der Waals surface area contributed by atoms with Crippen LogP contribution in [-0.4, -0.2) is 26.8 Å². The van der Waals surface area contributed by atoms with Crippen molar-refractivity contribution >= 4 is 31.6 Å². The molecule has 0 fully saturated rings. The third kappa shape index (κ3) is 6.40. The predicted octanol–water partition coefficient (Wildman–Crippen LogP) is 2.89. The molecule has 0 saturated carbocycles. The van der Waals surface area contributed by atoms with Gasteiger partial charge in [0, 0.05) is 10.5 Å². The zero-order chi connectivity index (χ0) is 14.5. The SMILES string of the molecule is Cc1ccc(Br)c(NS(=O)(=O)CCCNC(C)C)c1. The fourth-order valence-electron chi connectivity index (χ4n) is 1.59. The Morgan fingerprint density at radius 2 is 2.00 bits per heavy atom. The lowest BCUT2D eigenvalue weighted by molar-refractivity contribution is 0.571. The topological polar surface area (TPSA) is 58.2 Å². The second-order valence-electron chi connectivity index (χ2n) is 4.87. The Labute approximate surface area is 124 Å². The molecule has 0 aliphatic rings. The first-order valence-electron chi connectivity index (χ1n) is 6.30. The molecule has 0 atom stereocenters. The molecule has 0 radical (unpaired) electrons. The van der Waals surface area contributed by atoms with Gasteiger partial charge >= 0.3 is 0 Å². The largest absolute Gasteiger partial charge is 0.314 e. The summed E-state index contributed by atoms with van der Waals surface area (Å²) >= 11 is 3.34. The van der Waals surface area contributed by atoms with Gasteiger partial charge in [0.05, 0.1) is 11.4 Å². The number of anilines is 1. The van der Waals surface area contributed by atoms with Crippen LogP contribution in [0.4, 0.5) is 5.69 Å². The molecule has 0 aliphatic carbocycles. The molecule has 2 N–H and O–H groups in total. The number of halogens is 1. The maximum Gasteiger partial charge on any atom is 0.232 e. The molecule has 0 amide bonds. The third-order valence-corrected chi connectivity index (χ3v) is 4.58. The van der Waals surface area contributed by atoms with E-state index < -0.39 is 10.0 Å². The maximum atomic E-state index is 11.9. The first-order chi connectivity index (χ1) is 8.80. The Morgan fingerprint density at radius 1 is 1.32 bits per heavy atom. The van der Waals surface area contributed by atoms with Crippen molar-refractivity contribution in [1.82, 2.24) is 5.32 Å². The Bertz CT molecular complexity index is 515. The normalized spacial score (nSPS) is 11.8. The molecule has 1 aromatic carbocycles. The number of nitrogens with one attached hydrogen (secondary N) is 2. The predicted molar refractivity (Wildman–Crippen MR) is 84.0 cm³/mol. The van der Waals surface area contributed by atoms with Crippen LogP contribution in [0.3, 0.4) is 0 Å². The molecule has 4 nitrogen and oxygen atoms in total. The highest BCUT2D eigenvalue weighted by molar-refractivity contribution is 9.10. The van der Waals surface area contributed by atoms with Gasteiger partial charge in [-0.1, -0.05) is 19.9 Å². The minimum absolute atomic E-state index is 0.118. The Hall–Kier alpha value is -0.590. The van der Waals surface area contributed by atoms with Gasteiger partial charge in [-0.25, -0.2) is 8.42 Å². The van der Waals surface area contributed by atoms with Crippen LogP contribution < -0.4 is 10.0 Å². The van der Waals surface area contributed by atoms with Gasteiger partial charge in [-0.05, 0) is 53.5 Å². The number of aryl methyl sites for hydroxylation is 1. The van der Waals surface area contributed by atoms with Crippen molar-refractivity contribution in [2.45, 2.75) is 33.2 Å². The molecule has 6 heteroatoms. The second-order valence-corrected chi connectivity index (χ2v) is 7.56. The van der Waals surface area contributed by atoms with E-state index in [1.807, 2.05) is 39.0 Å². The summed E-state index contributed by atoms with van der Waals surface area (Å²) in [7, 11) is -3.29. The molecule has 1 rings (SSSR count). The average Bonchev–Trinajstić information content (AvgIpc) is 2.29. The van der Waals surface area contributed by atoms with E-state index in [-0.39, 0.29) is 5.75 Å². The second kappa shape index (κ2) is 7.26. The monoisotopic (exact) mass is 348 g/mol. The molecule has 0 aliphatic heterocycles. The number of benzene rings is 1. The van der Waals surface area contributed by atoms with Gasteiger partial charge in [0.1, 0.15) is 0 Å². The van der Waals surface area contributed by atoms with Gasteiger partial charge in [-0.15, -0.1) is 0 Å². The Kier molecular flexibility index (Phi) is 6.29. The lowest BCUT2D eigenvalue weighted by Crippen LogP contribution is -2.26. The van der Waals surface area contributed by atoms with Crippen molar-refractivity contribution in [2.24, 2.45) is 0 Å². The number of rotatable bonds is 7. The van der Waals surface area contributed by atoms with E-state index in [0.717, 1.165) is 10.0 Å². The van der Waals surface area contributed by atoms with Crippen LogP contribution in [-0.2, 0) is 10.0 Å². The highest BCUT2D eigenvalue weighted by atomic mass is 79.9. The fraction of sp³-hybridized carbons (Fsp3) is 0.538. The van der Waals surface area contributed by atoms with Crippen LogP contribution in [0.2, 0.25) is 0 Å². The van der Waals surface area contributed by atoms with E-state index in [1.54, 1.807) is 0 Å². The van der Waals surface area contributed by atoms with Crippen LogP contribution in [0, 0.1) is 6.92 Å². The number of hydrogen-bond acceptors (Lipinski definition) is 3. The van der Waals surface area contributed by atoms with Gasteiger partial charge in [-0.2, -0.15) is 0 Å². The minimum Gasteiger partial charge on any atom is -0.314 e. The zero-order valence-electron chi connectivity index (χ0n) is 11.5. The molecular weight excluding hydrogens is 328 g/mol. The van der Waals surface area contributed by atoms with E-state index in [0.29, 0.717) is 24.7 Å².